The molecular formula is C18H16F2N2O3. The van der Waals surface area contributed by atoms with Gasteiger partial charge in [0.25, 0.3) is 5.91 Å². The van der Waals surface area contributed by atoms with Crippen LogP contribution in [0.4, 0.5) is 13.6 Å². The van der Waals surface area contributed by atoms with Crippen molar-refractivity contribution in [3.63, 3.8) is 0 Å². The molecule has 0 bridgehead atoms. The highest BCUT2D eigenvalue weighted by Crippen LogP contribution is 2.30. The number of benzene rings is 2. The lowest BCUT2D eigenvalue weighted by atomic mass is 9.92. The van der Waals surface area contributed by atoms with E-state index in [9.17, 15) is 23.5 Å². The minimum absolute atomic E-state index is 0.260. The molecule has 2 aromatic rings. The standard InChI is InChI=1S/C18H16F2N2O3/c1-18(12-5-7-13(19)8-6-12)16(24)22(17(25)21-18)10-15(23)11-3-2-4-14(20)9-11/h2-9,15,23H,10H2,1H3,(H,21,25). The summed E-state index contributed by atoms with van der Waals surface area (Å²) in [4.78, 5) is 25.8. The van der Waals surface area contributed by atoms with Crippen LogP contribution in [0, 0.1) is 11.6 Å². The topological polar surface area (TPSA) is 69.6 Å². The van der Waals surface area contributed by atoms with Gasteiger partial charge >= 0.3 is 6.03 Å². The second kappa shape index (κ2) is 6.25. The van der Waals surface area contributed by atoms with Crippen molar-refractivity contribution in [2.24, 2.45) is 0 Å². The van der Waals surface area contributed by atoms with E-state index in [1.807, 2.05) is 0 Å². The highest BCUT2D eigenvalue weighted by atomic mass is 19.1. The Labute approximate surface area is 142 Å². The Morgan fingerprint density at radius 2 is 1.80 bits per heavy atom. The molecular weight excluding hydrogens is 330 g/mol. The number of carbonyl (C=O) groups is 2. The summed E-state index contributed by atoms with van der Waals surface area (Å²) in [5.41, 5.74) is -0.669. The lowest BCUT2D eigenvalue weighted by molar-refractivity contribution is -0.132. The van der Waals surface area contributed by atoms with Gasteiger partial charge in [0.1, 0.15) is 17.2 Å². The van der Waals surface area contributed by atoms with Crippen molar-refractivity contribution in [2.45, 2.75) is 18.6 Å². The minimum atomic E-state index is -1.35. The number of urea groups is 1. The number of hydrogen-bond donors (Lipinski definition) is 2. The van der Waals surface area contributed by atoms with Crippen molar-refractivity contribution in [3.05, 3.63) is 71.3 Å². The molecule has 3 amide bonds. The number of nitrogens with zero attached hydrogens (tertiary/aromatic N) is 1. The van der Waals surface area contributed by atoms with E-state index in [1.165, 1.54) is 49.4 Å². The summed E-state index contributed by atoms with van der Waals surface area (Å²) in [5.74, 6) is -1.55. The predicted molar refractivity (Wildman–Crippen MR) is 85.4 cm³/mol. The quantitative estimate of drug-likeness (QED) is 0.836. The largest absolute Gasteiger partial charge is 0.387 e. The third-order valence-electron chi connectivity index (χ3n) is 4.29. The molecule has 1 heterocycles. The third kappa shape index (κ3) is 3.10. The first kappa shape index (κ1) is 17.0. The van der Waals surface area contributed by atoms with E-state index >= 15 is 0 Å². The van der Waals surface area contributed by atoms with E-state index in [1.54, 1.807) is 0 Å². The second-order valence-corrected chi connectivity index (χ2v) is 6.05. The summed E-state index contributed by atoms with van der Waals surface area (Å²) in [6.45, 7) is 1.19. The van der Waals surface area contributed by atoms with Crippen LogP contribution < -0.4 is 5.32 Å². The van der Waals surface area contributed by atoms with Crippen LogP contribution in [0.15, 0.2) is 48.5 Å². The number of amides is 3. The molecule has 7 heteroatoms. The first-order valence-electron chi connectivity index (χ1n) is 7.65. The zero-order chi connectivity index (χ0) is 18.2. The lowest BCUT2D eigenvalue weighted by Gasteiger charge is -2.23. The zero-order valence-electron chi connectivity index (χ0n) is 13.4. The van der Waals surface area contributed by atoms with Crippen molar-refractivity contribution in [1.82, 2.24) is 10.2 Å². The second-order valence-electron chi connectivity index (χ2n) is 6.05. The molecule has 1 aliphatic rings. The SMILES string of the molecule is CC1(c2ccc(F)cc2)NC(=O)N(CC(O)c2cccc(F)c2)C1=O. The lowest BCUT2D eigenvalue weighted by Crippen LogP contribution is -2.41. The smallest absolute Gasteiger partial charge is 0.325 e. The van der Waals surface area contributed by atoms with E-state index in [-0.39, 0.29) is 12.1 Å². The molecule has 0 spiro atoms. The van der Waals surface area contributed by atoms with Crippen molar-refractivity contribution in [1.29, 1.82) is 0 Å². The molecule has 3 rings (SSSR count). The fourth-order valence-corrected chi connectivity index (χ4v) is 2.83. The van der Waals surface area contributed by atoms with Gasteiger partial charge in [0, 0.05) is 0 Å². The normalized spacial score (nSPS) is 21.4. The van der Waals surface area contributed by atoms with Crippen LogP contribution in [0.1, 0.15) is 24.2 Å². The summed E-state index contributed by atoms with van der Waals surface area (Å²) in [6, 6.07) is 9.87. The van der Waals surface area contributed by atoms with Crippen molar-refractivity contribution in [3.8, 4) is 0 Å². The molecule has 1 aliphatic heterocycles. The van der Waals surface area contributed by atoms with Crippen LogP contribution in [-0.2, 0) is 10.3 Å². The molecule has 1 saturated heterocycles. The summed E-state index contributed by atoms with van der Waals surface area (Å²) < 4.78 is 26.4. The molecule has 0 saturated carbocycles. The third-order valence-corrected chi connectivity index (χ3v) is 4.29. The van der Waals surface area contributed by atoms with E-state index in [4.69, 9.17) is 0 Å². The fourth-order valence-electron chi connectivity index (χ4n) is 2.83. The minimum Gasteiger partial charge on any atom is -0.387 e. The number of nitrogens with one attached hydrogen (secondary N) is 1. The van der Waals surface area contributed by atoms with Gasteiger partial charge in [-0.05, 0) is 42.3 Å². The van der Waals surface area contributed by atoms with Gasteiger partial charge < -0.3 is 10.4 Å². The van der Waals surface area contributed by atoms with Crippen LogP contribution in [0.2, 0.25) is 0 Å². The highest BCUT2D eigenvalue weighted by Gasteiger charge is 2.49. The van der Waals surface area contributed by atoms with Crippen LogP contribution >= 0.6 is 0 Å². The number of hydrogen-bond acceptors (Lipinski definition) is 3. The average Bonchev–Trinajstić information content (AvgIpc) is 2.79. The zero-order valence-corrected chi connectivity index (χ0v) is 13.4. The van der Waals surface area contributed by atoms with Gasteiger partial charge in [-0.15, -0.1) is 0 Å². The monoisotopic (exact) mass is 346 g/mol. The highest BCUT2D eigenvalue weighted by molar-refractivity contribution is 6.07. The summed E-state index contributed by atoms with van der Waals surface area (Å²) in [5, 5.41) is 12.8. The van der Waals surface area contributed by atoms with Gasteiger partial charge in [-0.3, -0.25) is 9.69 Å². The Kier molecular flexibility index (Phi) is 4.26. The Morgan fingerprint density at radius 1 is 1.12 bits per heavy atom. The molecule has 1 fully saturated rings. The van der Waals surface area contributed by atoms with Crippen LogP contribution in [0.25, 0.3) is 0 Å². The van der Waals surface area contributed by atoms with Crippen molar-refractivity contribution in [2.75, 3.05) is 6.54 Å². The molecule has 130 valence electrons. The molecule has 2 unspecified atom stereocenters. The van der Waals surface area contributed by atoms with Gasteiger partial charge in [-0.2, -0.15) is 0 Å². The first-order valence-corrected chi connectivity index (χ1v) is 7.65. The Balaban J connectivity index is 1.83. The summed E-state index contributed by atoms with van der Waals surface area (Å²) in [6.07, 6.45) is -1.22. The van der Waals surface area contributed by atoms with E-state index in [2.05, 4.69) is 5.32 Å². The molecule has 2 N–H and O–H groups in total. The Morgan fingerprint density at radius 3 is 2.44 bits per heavy atom. The molecule has 2 atom stereocenters. The number of carbonyl (C=O) groups excluding carboxylic acids is 2. The summed E-state index contributed by atoms with van der Waals surface area (Å²) in [7, 11) is 0. The van der Waals surface area contributed by atoms with Gasteiger partial charge in [-0.1, -0.05) is 24.3 Å². The van der Waals surface area contributed by atoms with Crippen LogP contribution in [-0.4, -0.2) is 28.5 Å². The maximum atomic E-state index is 13.3. The average molecular weight is 346 g/mol. The number of imide groups is 1. The molecule has 5 nitrogen and oxygen atoms in total. The predicted octanol–water partition coefficient (Wildman–Crippen LogP) is 2.47. The van der Waals surface area contributed by atoms with Gasteiger partial charge in [0.05, 0.1) is 12.6 Å². The number of aliphatic hydroxyl groups excluding tert-OH is 1. The summed E-state index contributed by atoms with van der Waals surface area (Å²) >= 11 is 0. The number of halogens is 2. The number of aliphatic hydroxyl groups is 1. The number of β-amino-alcohol motifs (C(OH)–C–C–N with tert-alkyl or cyclic N) is 1. The first-order chi connectivity index (χ1) is 11.8. The Hall–Kier alpha value is -2.80. The van der Waals surface area contributed by atoms with Gasteiger partial charge in [-0.25, -0.2) is 13.6 Å². The fraction of sp³-hybridized carbons (Fsp3) is 0.222. The molecule has 0 aliphatic carbocycles. The van der Waals surface area contributed by atoms with Gasteiger partial charge in [0.15, 0.2) is 0 Å². The van der Waals surface area contributed by atoms with Gasteiger partial charge in [0.2, 0.25) is 0 Å². The molecule has 25 heavy (non-hydrogen) atoms. The van der Waals surface area contributed by atoms with Crippen LogP contribution in [0.3, 0.4) is 0 Å². The number of rotatable bonds is 4. The molecule has 0 radical (unpaired) electrons. The molecule has 0 aromatic heterocycles. The van der Waals surface area contributed by atoms with Crippen molar-refractivity contribution >= 4 is 11.9 Å². The van der Waals surface area contributed by atoms with E-state index in [0.29, 0.717) is 5.56 Å². The van der Waals surface area contributed by atoms with Crippen molar-refractivity contribution < 1.29 is 23.5 Å². The van der Waals surface area contributed by atoms with E-state index in [0.717, 1.165) is 11.0 Å². The van der Waals surface area contributed by atoms with Crippen LogP contribution in [0.5, 0.6) is 0 Å². The molecule has 2 aromatic carbocycles. The Bertz CT molecular complexity index is 825. The van der Waals surface area contributed by atoms with E-state index < -0.39 is 35.2 Å². The maximum Gasteiger partial charge on any atom is 0.325 e. The maximum absolute atomic E-state index is 13.3.